The molecular formula is C8HF17O3S. The van der Waals surface area contributed by atoms with Crippen molar-refractivity contribution >= 4 is 10.1 Å². The number of hydrogen-bond acceptors (Lipinski definition) is 2. The standard InChI is InChI=1S/C8HF17O3S/c9-2(10,4(13,14)7(21,22)23)1(5(15,16)17,3(11,12)6(18,19)20)8(24,25)29(26,27)28/h(H,26,27,28). The molecule has 0 aliphatic carbocycles. The SMILES string of the molecule is O=S(=O)(O)C(F)(F)C(C(F)(F)F)(C(F)(F)C(F)(F)F)C(F)(F)C(F)(F)C(F)(F)F. The van der Waals surface area contributed by atoms with E-state index >= 15 is 0 Å². The van der Waals surface area contributed by atoms with E-state index in [0.717, 1.165) is 0 Å². The van der Waals surface area contributed by atoms with E-state index in [1.165, 1.54) is 0 Å². The zero-order valence-corrected chi connectivity index (χ0v) is 12.9. The predicted octanol–water partition coefficient (Wildman–Crippen LogP) is 5.05. The minimum absolute atomic E-state index is 7.87. The molecule has 0 rings (SSSR count). The van der Waals surface area contributed by atoms with Crippen molar-refractivity contribution in [2.24, 2.45) is 5.41 Å². The predicted molar refractivity (Wildman–Crippen MR) is 51.9 cm³/mol. The maximum absolute atomic E-state index is 13.5. The summed E-state index contributed by atoms with van der Waals surface area (Å²) in [6, 6.07) is 0. The Morgan fingerprint density at radius 3 is 0.897 bits per heavy atom. The monoisotopic (exact) mass is 500 g/mol. The first-order valence-electron chi connectivity index (χ1n) is 5.68. The van der Waals surface area contributed by atoms with Gasteiger partial charge in [-0.15, -0.1) is 0 Å². The summed E-state index contributed by atoms with van der Waals surface area (Å²) in [7, 11) is -8.59. The van der Waals surface area contributed by atoms with E-state index in [1.54, 1.807) is 0 Å². The highest BCUT2D eigenvalue weighted by Gasteiger charge is 3.03. The third-order valence-corrected chi connectivity index (χ3v) is 4.19. The van der Waals surface area contributed by atoms with Crippen molar-refractivity contribution in [2.45, 2.75) is 41.6 Å². The van der Waals surface area contributed by atoms with Crippen molar-refractivity contribution in [3.05, 3.63) is 0 Å². The third kappa shape index (κ3) is 3.26. The fourth-order valence-electron chi connectivity index (χ4n) is 1.90. The highest BCUT2D eigenvalue weighted by molar-refractivity contribution is 7.86. The molecule has 0 bridgehead atoms. The van der Waals surface area contributed by atoms with Gasteiger partial charge in [-0.2, -0.15) is 83.1 Å². The van der Waals surface area contributed by atoms with Gasteiger partial charge in [0.05, 0.1) is 0 Å². The molecule has 3 nitrogen and oxygen atoms in total. The van der Waals surface area contributed by atoms with E-state index in [4.69, 9.17) is 4.55 Å². The van der Waals surface area contributed by atoms with Crippen molar-refractivity contribution < 1.29 is 87.6 Å². The Hall–Kier alpha value is -1.28. The number of halogens is 17. The molecule has 1 N–H and O–H groups in total. The topological polar surface area (TPSA) is 54.4 Å². The van der Waals surface area contributed by atoms with Gasteiger partial charge in [0.25, 0.3) is 5.41 Å². The normalized spacial score (nSPS) is 18.6. The van der Waals surface area contributed by atoms with E-state index in [0.29, 0.717) is 0 Å². The van der Waals surface area contributed by atoms with E-state index in [1.807, 2.05) is 0 Å². The molecule has 0 fully saturated rings. The van der Waals surface area contributed by atoms with Crippen molar-refractivity contribution in [1.29, 1.82) is 0 Å². The quantitative estimate of drug-likeness (QED) is 0.425. The van der Waals surface area contributed by atoms with Crippen LogP contribution in [0.2, 0.25) is 0 Å². The average Bonchev–Trinajstić information content (AvgIpc) is 2.31. The lowest BCUT2D eigenvalue weighted by atomic mass is 9.71. The lowest BCUT2D eigenvalue weighted by Crippen LogP contribution is -2.80. The Kier molecular flexibility index (Phi) is 6.08. The maximum atomic E-state index is 13.5. The summed E-state index contributed by atoms with van der Waals surface area (Å²) in [6.07, 6.45) is -25.5. The average molecular weight is 500 g/mol. The van der Waals surface area contributed by atoms with Crippen LogP contribution >= 0.6 is 0 Å². The minimum atomic E-state index is -9.40. The molecule has 0 saturated heterocycles. The molecule has 0 spiro atoms. The van der Waals surface area contributed by atoms with Gasteiger partial charge in [0.15, 0.2) is 0 Å². The zero-order valence-electron chi connectivity index (χ0n) is 12.1. The van der Waals surface area contributed by atoms with Gasteiger partial charge in [0.2, 0.25) is 0 Å². The third-order valence-electron chi connectivity index (χ3n) is 3.23. The van der Waals surface area contributed by atoms with Crippen molar-refractivity contribution in [3.63, 3.8) is 0 Å². The first kappa shape index (κ1) is 27.7. The van der Waals surface area contributed by atoms with Crippen molar-refractivity contribution in [1.82, 2.24) is 0 Å². The molecule has 0 aromatic rings. The van der Waals surface area contributed by atoms with Gasteiger partial charge in [0, 0.05) is 0 Å². The molecule has 0 saturated carbocycles. The van der Waals surface area contributed by atoms with Crippen LogP contribution in [0.25, 0.3) is 0 Å². The van der Waals surface area contributed by atoms with Crippen LogP contribution in [-0.4, -0.2) is 54.5 Å². The minimum Gasteiger partial charge on any atom is -0.281 e. The van der Waals surface area contributed by atoms with E-state index in [2.05, 4.69) is 0 Å². The first-order chi connectivity index (χ1) is 12.0. The molecule has 0 aliphatic heterocycles. The fraction of sp³-hybridized carbons (Fsp3) is 1.00. The maximum Gasteiger partial charge on any atom is 0.459 e. The Morgan fingerprint density at radius 1 is 0.448 bits per heavy atom. The molecule has 0 aliphatic rings. The van der Waals surface area contributed by atoms with E-state index < -0.39 is 57.1 Å². The zero-order chi connectivity index (χ0) is 24.5. The van der Waals surface area contributed by atoms with E-state index in [9.17, 15) is 83.1 Å². The smallest absolute Gasteiger partial charge is 0.281 e. The van der Waals surface area contributed by atoms with Gasteiger partial charge < -0.3 is 0 Å². The van der Waals surface area contributed by atoms with Gasteiger partial charge in [-0.3, -0.25) is 4.55 Å². The molecule has 0 aromatic heterocycles. The summed E-state index contributed by atoms with van der Waals surface area (Å²) in [6.45, 7) is 0. The molecule has 0 amide bonds. The lowest BCUT2D eigenvalue weighted by Gasteiger charge is -2.49. The highest BCUT2D eigenvalue weighted by Crippen LogP contribution is 2.73. The molecule has 21 heteroatoms. The van der Waals surface area contributed by atoms with Crippen LogP contribution in [0, 0.1) is 5.41 Å². The second kappa shape index (κ2) is 6.36. The summed E-state index contributed by atoms with van der Waals surface area (Å²) < 4.78 is 246. The van der Waals surface area contributed by atoms with Gasteiger partial charge in [-0.1, -0.05) is 0 Å². The fourth-order valence-corrected chi connectivity index (χ4v) is 2.66. The summed E-state index contributed by atoms with van der Waals surface area (Å²) in [4.78, 5) is 0. The van der Waals surface area contributed by atoms with Crippen molar-refractivity contribution in [2.75, 3.05) is 0 Å². The Bertz CT molecular complexity index is 725. The Balaban J connectivity index is 8.17. The van der Waals surface area contributed by atoms with Crippen LogP contribution in [0.15, 0.2) is 0 Å². The molecule has 29 heavy (non-hydrogen) atoms. The molecule has 0 aromatic carbocycles. The molecular weight excluding hydrogens is 499 g/mol. The number of rotatable bonds is 5. The molecule has 1 atom stereocenters. The van der Waals surface area contributed by atoms with Crippen molar-refractivity contribution in [3.8, 4) is 0 Å². The molecule has 1 unspecified atom stereocenters. The molecule has 176 valence electrons. The molecule has 0 heterocycles. The van der Waals surface area contributed by atoms with Crippen LogP contribution in [-0.2, 0) is 10.1 Å². The summed E-state index contributed by atoms with van der Waals surface area (Å²) in [5, 5.41) is -8.71. The second-order valence-electron chi connectivity index (χ2n) is 4.96. The summed E-state index contributed by atoms with van der Waals surface area (Å²) >= 11 is 0. The van der Waals surface area contributed by atoms with Crippen LogP contribution < -0.4 is 0 Å². The van der Waals surface area contributed by atoms with Gasteiger partial charge in [0.1, 0.15) is 0 Å². The highest BCUT2D eigenvalue weighted by atomic mass is 32.2. The van der Waals surface area contributed by atoms with Gasteiger partial charge in [-0.25, -0.2) is 0 Å². The van der Waals surface area contributed by atoms with Crippen LogP contribution in [0.1, 0.15) is 0 Å². The summed E-state index contributed by atoms with van der Waals surface area (Å²) in [5.74, 6) is -27.1. The second-order valence-corrected chi connectivity index (χ2v) is 6.42. The van der Waals surface area contributed by atoms with Gasteiger partial charge >= 0.3 is 51.7 Å². The number of alkyl halides is 17. The van der Waals surface area contributed by atoms with E-state index in [-0.39, 0.29) is 0 Å². The summed E-state index contributed by atoms with van der Waals surface area (Å²) in [5.41, 5.74) is -9.40. The van der Waals surface area contributed by atoms with Crippen LogP contribution in [0.3, 0.4) is 0 Å². The van der Waals surface area contributed by atoms with Crippen LogP contribution in [0.5, 0.6) is 0 Å². The Labute approximate surface area is 146 Å². The van der Waals surface area contributed by atoms with Crippen LogP contribution in [0.4, 0.5) is 74.6 Å². The lowest BCUT2D eigenvalue weighted by molar-refractivity contribution is -0.496. The van der Waals surface area contributed by atoms with Gasteiger partial charge in [-0.05, 0) is 0 Å². The molecule has 0 radical (unpaired) electrons. The largest absolute Gasteiger partial charge is 0.459 e. The number of hydrogen-bond donors (Lipinski definition) is 1. The first-order valence-corrected chi connectivity index (χ1v) is 7.12. The Morgan fingerprint density at radius 2 is 0.724 bits per heavy atom.